The van der Waals surface area contributed by atoms with Crippen molar-refractivity contribution >= 4 is 11.7 Å². The lowest BCUT2D eigenvalue weighted by Gasteiger charge is -2.11. The van der Waals surface area contributed by atoms with Gasteiger partial charge in [0.2, 0.25) is 0 Å². The Hall–Kier alpha value is -2.02. The highest BCUT2D eigenvalue weighted by Crippen LogP contribution is 2.12. The van der Waals surface area contributed by atoms with Crippen LogP contribution in [0.3, 0.4) is 0 Å². The molecule has 0 saturated carbocycles. The van der Waals surface area contributed by atoms with Crippen molar-refractivity contribution < 1.29 is 9.90 Å². The minimum atomic E-state index is -0.902. The van der Waals surface area contributed by atoms with Crippen molar-refractivity contribution in [3.63, 3.8) is 0 Å². The lowest BCUT2D eigenvalue weighted by Crippen LogP contribution is -2.25. The van der Waals surface area contributed by atoms with Crippen LogP contribution in [0.5, 0.6) is 0 Å². The first-order valence-corrected chi connectivity index (χ1v) is 4.58. The van der Waals surface area contributed by atoms with Gasteiger partial charge in [0.25, 0.3) is 0 Å². The summed E-state index contributed by atoms with van der Waals surface area (Å²) in [6.07, 6.45) is 0.330. The fourth-order valence-electron chi connectivity index (χ4n) is 1.17. The van der Waals surface area contributed by atoms with Crippen molar-refractivity contribution in [1.82, 2.24) is 0 Å². The standard InChI is InChI=1S/C11H12N2O2/c1-8(11(14)15)13-10-4-2-3-9(7-10)5-6-12/h2-4,7-8,13H,5H2,1H3,(H,14,15). The van der Waals surface area contributed by atoms with E-state index in [-0.39, 0.29) is 0 Å². The molecule has 0 aliphatic rings. The van der Waals surface area contributed by atoms with Crippen LogP contribution in [0.25, 0.3) is 0 Å². The molecule has 1 aromatic carbocycles. The molecule has 2 N–H and O–H groups in total. The Balaban J connectivity index is 2.74. The molecular formula is C11H12N2O2. The molecule has 1 unspecified atom stereocenters. The van der Waals surface area contributed by atoms with Crippen LogP contribution in [0.15, 0.2) is 24.3 Å². The molecular weight excluding hydrogens is 192 g/mol. The highest BCUT2D eigenvalue weighted by Gasteiger charge is 2.09. The molecule has 15 heavy (non-hydrogen) atoms. The Labute approximate surface area is 88.2 Å². The Morgan fingerprint density at radius 1 is 1.67 bits per heavy atom. The van der Waals surface area contributed by atoms with Gasteiger partial charge in [-0.1, -0.05) is 12.1 Å². The number of carboxylic acid groups (broad SMARTS) is 1. The molecule has 78 valence electrons. The van der Waals surface area contributed by atoms with E-state index < -0.39 is 12.0 Å². The molecule has 1 atom stereocenters. The summed E-state index contributed by atoms with van der Waals surface area (Å²) in [5.41, 5.74) is 1.60. The van der Waals surface area contributed by atoms with Crippen LogP contribution in [0.4, 0.5) is 5.69 Å². The molecule has 1 aromatic rings. The molecule has 4 nitrogen and oxygen atoms in total. The van der Waals surface area contributed by atoms with Crippen LogP contribution < -0.4 is 5.32 Å². The third-order valence-electron chi connectivity index (χ3n) is 1.96. The molecule has 0 aliphatic carbocycles. The Morgan fingerprint density at radius 3 is 3.00 bits per heavy atom. The van der Waals surface area contributed by atoms with Crippen LogP contribution >= 0.6 is 0 Å². The molecule has 0 aromatic heterocycles. The van der Waals surface area contributed by atoms with E-state index in [0.29, 0.717) is 6.42 Å². The van der Waals surface area contributed by atoms with Gasteiger partial charge in [-0.15, -0.1) is 0 Å². The summed E-state index contributed by atoms with van der Waals surface area (Å²) in [6.45, 7) is 1.57. The predicted octanol–water partition coefficient (Wildman–Crippen LogP) is 1.64. The monoisotopic (exact) mass is 204 g/mol. The summed E-state index contributed by atoms with van der Waals surface area (Å²) in [7, 11) is 0. The molecule has 0 radical (unpaired) electrons. The quantitative estimate of drug-likeness (QED) is 0.781. The summed E-state index contributed by atoms with van der Waals surface area (Å²) in [5.74, 6) is -0.902. The van der Waals surface area contributed by atoms with Crippen molar-refractivity contribution in [2.24, 2.45) is 0 Å². The number of carbonyl (C=O) groups is 1. The first-order valence-electron chi connectivity index (χ1n) is 4.58. The first kappa shape index (κ1) is 11.1. The highest BCUT2D eigenvalue weighted by atomic mass is 16.4. The fraction of sp³-hybridized carbons (Fsp3) is 0.273. The highest BCUT2D eigenvalue weighted by molar-refractivity contribution is 5.76. The third kappa shape index (κ3) is 3.31. The maximum absolute atomic E-state index is 10.6. The van der Waals surface area contributed by atoms with Crippen molar-refractivity contribution in [3.05, 3.63) is 29.8 Å². The van der Waals surface area contributed by atoms with Gasteiger partial charge in [-0.2, -0.15) is 5.26 Å². The van der Waals surface area contributed by atoms with Crippen LogP contribution in [-0.4, -0.2) is 17.1 Å². The number of benzene rings is 1. The zero-order valence-electron chi connectivity index (χ0n) is 8.40. The second-order valence-corrected chi connectivity index (χ2v) is 3.24. The third-order valence-corrected chi connectivity index (χ3v) is 1.96. The molecule has 0 amide bonds. The molecule has 4 heteroatoms. The van der Waals surface area contributed by atoms with Crippen LogP contribution in [0, 0.1) is 11.3 Å². The van der Waals surface area contributed by atoms with E-state index in [1.807, 2.05) is 12.1 Å². The van der Waals surface area contributed by atoms with Gasteiger partial charge in [0, 0.05) is 5.69 Å². The zero-order valence-corrected chi connectivity index (χ0v) is 8.40. The van der Waals surface area contributed by atoms with E-state index >= 15 is 0 Å². The van der Waals surface area contributed by atoms with E-state index in [2.05, 4.69) is 5.32 Å². The molecule has 0 heterocycles. The average Bonchev–Trinajstić information content (AvgIpc) is 2.18. The van der Waals surface area contributed by atoms with Gasteiger partial charge >= 0.3 is 5.97 Å². The van der Waals surface area contributed by atoms with Gasteiger partial charge in [0.15, 0.2) is 0 Å². The smallest absolute Gasteiger partial charge is 0.325 e. The van der Waals surface area contributed by atoms with Crippen LogP contribution in [-0.2, 0) is 11.2 Å². The summed E-state index contributed by atoms with van der Waals surface area (Å²) in [5, 5.41) is 20.0. The lowest BCUT2D eigenvalue weighted by molar-refractivity contribution is -0.137. The number of rotatable bonds is 4. The van der Waals surface area contributed by atoms with Gasteiger partial charge in [-0.25, -0.2) is 0 Å². The summed E-state index contributed by atoms with van der Waals surface area (Å²) in [6, 6.07) is 8.59. The van der Waals surface area contributed by atoms with Crippen LogP contribution in [0.1, 0.15) is 12.5 Å². The van der Waals surface area contributed by atoms with Crippen molar-refractivity contribution in [1.29, 1.82) is 5.26 Å². The summed E-state index contributed by atoms with van der Waals surface area (Å²) < 4.78 is 0. The molecule has 1 rings (SSSR count). The molecule has 0 aliphatic heterocycles. The van der Waals surface area contributed by atoms with Crippen molar-refractivity contribution in [2.75, 3.05) is 5.32 Å². The Morgan fingerprint density at radius 2 is 2.40 bits per heavy atom. The van der Waals surface area contributed by atoms with E-state index in [0.717, 1.165) is 11.3 Å². The van der Waals surface area contributed by atoms with Gasteiger partial charge in [-0.05, 0) is 24.6 Å². The molecule has 0 bridgehead atoms. The van der Waals surface area contributed by atoms with E-state index in [1.54, 1.807) is 25.1 Å². The van der Waals surface area contributed by atoms with E-state index in [9.17, 15) is 4.79 Å². The second kappa shape index (κ2) is 5.01. The van der Waals surface area contributed by atoms with Gasteiger partial charge < -0.3 is 10.4 Å². The minimum Gasteiger partial charge on any atom is -0.480 e. The van der Waals surface area contributed by atoms with Crippen molar-refractivity contribution in [2.45, 2.75) is 19.4 Å². The van der Waals surface area contributed by atoms with E-state index in [4.69, 9.17) is 10.4 Å². The lowest BCUT2D eigenvalue weighted by atomic mass is 10.1. The number of hydrogen-bond donors (Lipinski definition) is 2. The number of anilines is 1. The summed E-state index contributed by atoms with van der Waals surface area (Å²) >= 11 is 0. The van der Waals surface area contributed by atoms with Crippen LogP contribution in [0.2, 0.25) is 0 Å². The van der Waals surface area contributed by atoms with E-state index in [1.165, 1.54) is 0 Å². The first-order chi connectivity index (χ1) is 7.13. The normalized spacial score (nSPS) is 11.5. The number of aliphatic carboxylic acids is 1. The molecule has 0 saturated heterocycles. The fourth-order valence-corrected chi connectivity index (χ4v) is 1.17. The minimum absolute atomic E-state index is 0.330. The van der Waals surface area contributed by atoms with Gasteiger partial charge in [0.1, 0.15) is 6.04 Å². The molecule has 0 spiro atoms. The number of nitrogens with zero attached hydrogens (tertiary/aromatic N) is 1. The average molecular weight is 204 g/mol. The summed E-state index contributed by atoms with van der Waals surface area (Å²) in [4.78, 5) is 10.6. The van der Waals surface area contributed by atoms with Gasteiger partial charge in [0.05, 0.1) is 12.5 Å². The molecule has 0 fully saturated rings. The number of hydrogen-bond acceptors (Lipinski definition) is 3. The van der Waals surface area contributed by atoms with Crippen molar-refractivity contribution in [3.8, 4) is 6.07 Å². The Bertz CT molecular complexity index is 396. The maximum atomic E-state index is 10.6. The van der Waals surface area contributed by atoms with Gasteiger partial charge in [-0.3, -0.25) is 4.79 Å². The largest absolute Gasteiger partial charge is 0.480 e. The predicted molar refractivity (Wildman–Crippen MR) is 56.5 cm³/mol. The second-order valence-electron chi connectivity index (χ2n) is 3.24. The topological polar surface area (TPSA) is 73.1 Å². The number of nitrogens with one attached hydrogen (secondary N) is 1. The zero-order chi connectivity index (χ0) is 11.3. The number of nitriles is 1. The number of carboxylic acids is 1. The Kier molecular flexibility index (Phi) is 3.69. The maximum Gasteiger partial charge on any atom is 0.325 e. The SMILES string of the molecule is CC(Nc1cccc(CC#N)c1)C(=O)O.